The maximum Gasteiger partial charge on any atom is 0.459 e. The van der Waals surface area contributed by atoms with Crippen molar-refractivity contribution in [2.24, 2.45) is 0 Å². The summed E-state index contributed by atoms with van der Waals surface area (Å²) < 4.78 is 65.6. The zero-order valence-corrected chi connectivity index (χ0v) is 24.7. The molecule has 6 atom stereocenters. The molecule has 2 aromatic carbocycles. The number of benzene rings is 2. The molecule has 234 valence electrons. The van der Waals surface area contributed by atoms with Gasteiger partial charge in [-0.15, -0.1) is 0 Å². The second kappa shape index (κ2) is 12.8. The molecule has 1 aromatic heterocycles. The number of fused-ring (bicyclic) bond motifs is 1. The minimum atomic E-state index is -4.77. The van der Waals surface area contributed by atoms with Gasteiger partial charge in [-0.05, 0) is 32.2 Å². The molecule has 13 nitrogen and oxygen atoms in total. The van der Waals surface area contributed by atoms with E-state index in [9.17, 15) is 33.1 Å². The summed E-state index contributed by atoms with van der Waals surface area (Å²) in [6.07, 6.45) is -9.62. The lowest BCUT2D eigenvalue weighted by molar-refractivity contribution is -0.192. The molecule has 1 aliphatic rings. The van der Waals surface area contributed by atoms with Crippen LogP contribution >= 0.6 is 19.3 Å². The summed E-state index contributed by atoms with van der Waals surface area (Å²) in [6.45, 7) is 3.14. The van der Waals surface area contributed by atoms with Crippen molar-refractivity contribution >= 4 is 41.9 Å². The summed E-state index contributed by atoms with van der Waals surface area (Å²) in [4.78, 5) is 28.4. The van der Waals surface area contributed by atoms with Gasteiger partial charge >= 0.3 is 19.4 Å². The Kier molecular flexibility index (Phi) is 9.76. The summed E-state index contributed by atoms with van der Waals surface area (Å²) >= 11 is 5.91. The van der Waals surface area contributed by atoms with Crippen LogP contribution in [0.4, 0.5) is 14.6 Å². The minimum Gasteiger partial charge on any atom is -0.462 e. The average molecular weight is 647 g/mol. The zero-order valence-electron chi connectivity index (χ0n) is 23.1. The number of aliphatic hydroxyl groups excluding tert-OH is 2. The third-order valence-corrected chi connectivity index (χ3v) is 8.42. The number of carbonyl (C=O) groups is 1. The molecule has 0 bridgehead atoms. The molecule has 6 unspecified atom stereocenters. The number of hydrogen-bond acceptors (Lipinski definition) is 11. The first-order chi connectivity index (χ1) is 20.2. The number of esters is 1. The van der Waals surface area contributed by atoms with Crippen LogP contribution in [0, 0.1) is 0 Å². The Morgan fingerprint density at radius 2 is 1.91 bits per heavy atom. The zero-order chi connectivity index (χ0) is 31.7. The van der Waals surface area contributed by atoms with Crippen LogP contribution in [0.15, 0.2) is 53.5 Å². The topological polar surface area (TPSA) is 184 Å². The molecule has 0 amide bonds. The lowest BCUT2D eigenvalue weighted by atomic mass is 9.96. The number of nitrogens with two attached hydrogens (primary N) is 1. The van der Waals surface area contributed by atoms with E-state index in [4.69, 9.17) is 35.9 Å². The molecule has 0 spiro atoms. The molecule has 5 N–H and O–H groups in total. The van der Waals surface area contributed by atoms with Crippen LogP contribution in [0.1, 0.15) is 27.0 Å². The Morgan fingerprint density at radius 3 is 2.58 bits per heavy atom. The summed E-state index contributed by atoms with van der Waals surface area (Å²) in [6, 6.07) is 10.3. The van der Waals surface area contributed by atoms with Crippen molar-refractivity contribution in [3.05, 3.63) is 64.2 Å². The normalized spacial score (nSPS) is 24.3. The second-order valence-electron chi connectivity index (χ2n) is 10.0. The van der Waals surface area contributed by atoms with E-state index < -0.39 is 68.6 Å². The van der Waals surface area contributed by atoms with Crippen molar-refractivity contribution in [1.29, 1.82) is 0 Å². The standard InChI is InChI=1S/C26H30ClF2N4O9P/c1-13(2)40-23(36)14(3)32-43(38,42-18-10-6-8-15-7-4-5-9-16(15)18)39-12-26(24(28)29)20(35)19(34)22(41-26)33-11-17(27)21(30)31-25(33)37/h4-11,13-14,19-20,22,24,34-35H,12H2,1-3H3,(H,32,38)(H2,30,31,37). The first-order valence-corrected chi connectivity index (χ1v) is 14.9. The summed E-state index contributed by atoms with van der Waals surface area (Å²) in [7, 11) is -4.77. The van der Waals surface area contributed by atoms with Crippen molar-refractivity contribution in [3.8, 4) is 5.75 Å². The number of alkyl halides is 2. The van der Waals surface area contributed by atoms with Gasteiger partial charge in [0.1, 0.15) is 29.8 Å². The number of nitrogen functional groups attached to an aromatic ring is 1. The smallest absolute Gasteiger partial charge is 0.459 e. The van der Waals surface area contributed by atoms with Crippen molar-refractivity contribution in [2.75, 3.05) is 12.3 Å². The lowest BCUT2D eigenvalue weighted by Crippen LogP contribution is -2.53. The fraction of sp³-hybridized carbons (Fsp3) is 0.423. The molecule has 1 saturated heterocycles. The monoisotopic (exact) mass is 646 g/mol. The summed E-state index contributed by atoms with van der Waals surface area (Å²) in [5.74, 6) is -1.19. The van der Waals surface area contributed by atoms with Crippen LogP contribution < -0.4 is 21.0 Å². The van der Waals surface area contributed by atoms with E-state index in [0.29, 0.717) is 15.3 Å². The third-order valence-electron chi connectivity index (χ3n) is 6.52. The molecule has 0 radical (unpaired) electrons. The fourth-order valence-electron chi connectivity index (χ4n) is 4.34. The van der Waals surface area contributed by atoms with Gasteiger partial charge < -0.3 is 29.9 Å². The molecule has 2 heterocycles. The number of carbonyl (C=O) groups excluding carboxylic acids is 1. The molecule has 43 heavy (non-hydrogen) atoms. The highest BCUT2D eigenvalue weighted by Crippen LogP contribution is 2.50. The minimum absolute atomic E-state index is 0.0180. The SMILES string of the molecule is CC(C)OC(=O)C(C)NP(=O)(OCC1(C(F)F)OC(n2cc(Cl)c(N)nc2=O)C(O)C1O)Oc1cccc2ccccc12. The van der Waals surface area contributed by atoms with E-state index in [1.54, 1.807) is 50.2 Å². The summed E-state index contributed by atoms with van der Waals surface area (Å²) in [5, 5.41) is 24.7. The van der Waals surface area contributed by atoms with Gasteiger partial charge in [0.15, 0.2) is 11.8 Å². The van der Waals surface area contributed by atoms with E-state index >= 15 is 0 Å². The van der Waals surface area contributed by atoms with E-state index in [1.807, 2.05) is 0 Å². The average Bonchev–Trinajstić information content (AvgIpc) is 3.20. The Hall–Kier alpha value is -3.17. The number of nitrogens with zero attached hydrogens (tertiary/aromatic N) is 2. The highest BCUT2D eigenvalue weighted by molar-refractivity contribution is 7.52. The number of halogens is 3. The van der Waals surface area contributed by atoms with E-state index in [2.05, 4.69) is 10.1 Å². The third kappa shape index (κ3) is 6.83. The number of aliphatic hydroxyl groups is 2. The second-order valence-corrected chi connectivity index (χ2v) is 12.1. The Labute approximate surface area is 249 Å². The fourth-order valence-corrected chi connectivity index (χ4v) is 6.04. The maximum atomic E-state index is 14.6. The predicted octanol–water partition coefficient (Wildman–Crippen LogP) is 3.02. The number of hydrogen-bond donors (Lipinski definition) is 4. The molecule has 0 aliphatic carbocycles. The van der Waals surface area contributed by atoms with Gasteiger partial charge in [-0.1, -0.05) is 48.0 Å². The number of ether oxygens (including phenoxy) is 2. The van der Waals surface area contributed by atoms with Crippen molar-refractivity contribution in [2.45, 2.75) is 63.4 Å². The van der Waals surface area contributed by atoms with Crippen LogP contribution in [0.3, 0.4) is 0 Å². The van der Waals surface area contributed by atoms with Crippen LogP contribution in [-0.2, 0) is 23.4 Å². The van der Waals surface area contributed by atoms with Crippen molar-refractivity contribution in [1.82, 2.24) is 14.6 Å². The van der Waals surface area contributed by atoms with E-state index in [-0.39, 0.29) is 16.6 Å². The van der Waals surface area contributed by atoms with Gasteiger partial charge in [-0.3, -0.25) is 13.9 Å². The van der Waals surface area contributed by atoms with E-state index in [1.165, 1.54) is 13.0 Å². The number of nitrogens with one attached hydrogen (secondary N) is 1. The van der Waals surface area contributed by atoms with Crippen LogP contribution in [-0.4, -0.2) is 68.7 Å². The molecule has 1 aliphatic heterocycles. The number of anilines is 1. The molecule has 3 aromatic rings. The van der Waals surface area contributed by atoms with Crippen LogP contribution in [0.2, 0.25) is 5.02 Å². The van der Waals surface area contributed by atoms with Crippen LogP contribution in [0.5, 0.6) is 5.75 Å². The molecule has 1 fully saturated rings. The van der Waals surface area contributed by atoms with Gasteiger partial charge in [0.2, 0.25) is 0 Å². The Bertz CT molecular complexity index is 1590. The van der Waals surface area contributed by atoms with Gasteiger partial charge in [-0.25, -0.2) is 18.1 Å². The largest absolute Gasteiger partial charge is 0.462 e. The van der Waals surface area contributed by atoms with Gasteiger partial charge in [0.05, 0.1) is 17.7 Å². The quantitative estimate of drug-likeness (QED) is 0.177. The van der Waals surface area contributed by atoms with Crippen LogP contribution in [0.25, 0.3) is 10.8 Å². The highest BCUT2D eigenvalue weighted by Gasteiger charge is 2.61. The maximum absolute atomic E-state index is 14.6. The van der Waals surface area contributed by atoms with Crippen molar-refractivity contribution < 1.29 is 46.9 Å². The van der Waals surface area contributed by atoms with Crippen molar-refractivity contribution in [3.63, 3.8) is 0 Å². The Morgan fingerprint density at radius 1 is 1.23 bits per heavy atom. The predicted molar refractivity (Wildman–Crippen MR) is 151 cm³/mol. The first-order valence-electron chi connectivity index (χ1n) is 12.9. The van der Waals surface area contributed by atoms with E-state index in [0.717, 1.165) is 6.20 Å². The van der Waals surface area contributed by atoms with Gasteiger partial charge in [0, 0.05) is 11.6 Å². The molecule has 17 heteroatoms. The molecule has 0 saturated carbocycles. The van der Waals surface area contributed by atoms with Gasteiger partial charge in [0.25, 0.3) is 6.43 Å². The number of aromatic nitrogens is 2. The molecule has 4 rings (SSSR count). The molecular formula is C26H30ClF2N4O9P. The summed E-state index contributed by atoms with van der Waals surface area (Å²) in [5.41, 5.74) is 1.34. The van der Waals surface area contributed by atoms with Gasteiger partial charge in [-0.2, -0.15) is 10.1 Å². The Balaban J connectivity index is 1.69. The molecular weight excluding hydrogens is 617 g/mol. The highest BCUT2D eigenvalue weighted by atomic mass is 35.5. The lowest BCUT2D eigenvalue weighted by Gasteiger charge is -2.32. The first kappa shape index (κ1) is 32.7. The number of rotatable bonds is 11.